The summed E-state index contributed by atoms with van der Waals surface area (Å²) in [6, 6.07) is 10.2. The summed E-state index contributed by atoms with van der Waals surface area (Å²) in [7, 11) is 0. The minimum Gasteiger partial charge on any atom is -0.368 e. The number of nitrogens with zero attached hydrogens (tertiary/aromatic N) is 5. The zero-order chi connectivity index (χ0) is 22.1. The minimum atomic E-state index is -0.642. The van der Waals surface area contributed by atoms with Crippen molar-refractivity contribution in [3.8, 4) is 11.3 Å². The number of anilines is 3. The van der Waals surface area contributed by atoms with Gasteiger partial charge in [-0.05, 0) is 37.3 Å². The first kappa shape index (κ1) is 22.8. The van der Waals surface area contributed by atoms with Gasteiger partial charge in [0, 0.05) is 42.8 Å². The monoisotopic (exact) mass is 469 g/mol. The van der Waals surface area contributed by atoms with E-state index in [1.54, 1.807) is 31.3 Å². The Morgan fingerprint density at radius 3 is 2.52 bits per heavy atom. The molecule has 1 aromatic carbocycles. The molecule has 0 unspecified atom stereocenters. The molecule has 3 aromatic heterocycles. The highest BCUT2D eigenvalue weighted by Gasteiger charge is 2.15. The molecule has 0 spiro atoms. The third kappa shape index (κ3) is 4.84. The molecule has 1 aliphatic heterocycles. The van der Waals surface area contributed by atoms with Crippen molar-refractivity contribution in [3.63, 3.8) is 0 Å². The summed E-state index contributed by atoms with van der Waals surface area (Å²) in [5.74, 6) is -0.465. The molecular weight excluding hydrogens is 448 g/mol. The van der Waals surface area contributed by atoms with E-state index in [9.17, 15) is 8.78 Å². The second kappa shape index (κ2) is 9.60. The molecule has 5 rings (SSSR count). The lowest BCUT2D eigenvalue weighted by Crippen LogP contribution is -2.43. The van der Waals surface area contributed by atoms with Gasteiger partial charge in [-0.15, -0.1) is 12.4 Å². The normalized spacial score (nSPS) is 13.6. The zero-order valence-electron chi connectivity index (χ0n) is 17.8. The van der Waals surface area contributed by atoms with E-state index in [0.29, 0.717) is 22.5 Å². The van der Waals surface area contributed by atoms with Gasteiger partial charge in [0.1, 0.15) is 22.8 Å². The Kier molecular flexibility index (Phi) is 6.62. The van der Waals surface area contributed by atoms with Crippen molar-refractivity contribution < 1.29 is 8.78 Å². The fourth-order valence-electron chi connectivity index (χ4n) is 3.74. The number of aromatic nitrogens is 4. The number of nitrogens with one attached hydrogen (secondary N) is 2. The highest BCUT2D eigenvalue weighted by Crippen LogP contribution is 2.28. The average molecular weight is 470 g/mol. The largest absolute Gasteiger partial charge is 0.368 e. The molecule has 0 saturated carbocycles. The molecule has 7 nitrogen and oxygen atoms in total. The van der Waals surface area contributed by atoms with E-state index in [1.165, 1.54) is 6.07 Å². The Balaban J connectivity index is 0.00000259. The lowest BCUT2D eigenvalue weighted by atomic mass is 10.1. The van der Waals surface area contributed by atoms with Crippen molar-refractivity contribution in [2.45, 2.75) is 6.92 Å². The van der Waals surface area contributed by atoms with Gasteiger partial charge in [-0.3, -0.25) is 4.98 Å². The summed E-state index contributed by atoms with van der Waals surface area (Å²) in [5, 5.41) is 6.89. The minimum absolute atomic E-state index is 0. The van der Waals surface area contributed by atoms with E-state index in [1.807, 2.05) is 12.1 Å². The van der Waals surface area contributed by atoms with Crippen LogP contribution in [-0.2, 0) is 0 Å². The van der Waals surface area contributed by atoms with Gasteiger partial charge in [0.05, 0.1) is 18.1 Å². The van der Waals surface area contributed by atoms with Crippen LogP contribution in [-0.4, -0.2) is 46.1 Å². The van der Waals surface area contributed by atoms with Crippen LogP contribution in [0.15, 0.2) is 48.8 Å². The van der Waals surface area contributed by atoms with Gasteiger partial charge in [0.2, 0.25) is 5.95 Å². The Bertz CT molecular complexity index is 1280. The van der Waals surface area contributed by atoms with Crippen LogP contribution in [0.5, 0.6) is 0 Å². The summed E-state index contributed by atoms with van der Waals surface area (Å²) in [6.07, 6.45) is 2.85. The highest BCUT2D eigenvalue weighted by atomic mass is 35.5. The van der Waals surface area contributed by atoms with E-state index in [2.05, 4.69) is 35.5 Å². The van der Waals surface area contributed by atoms with Gasteiger partial charge in [-0.2, -0.15) is 0 Å². The highest BCUT2D eigenvalue weighted by molar-refractivity contribution is 5.85. The van der Waals surface area contributed by atoms with Crippen LogP contribution in [0.3, 0.4) is 0 Å². The number of fused-ring (bicyclic) bond motifs is 1. The smallest absolute Gasteiger partial charge is 0.229 e. The third-order valence-electron chi connectivity index (χ3n) is 5.37. The first-order chi connectivity index (χ1) is 15.6. The molecule has 0 radical (unpaired) electrons. The summed E-state index contributed by atoms with van der Waals surface area (Å²) in [6.45, 7) is 5.53. The second-order valence-electron chi connectivity index (χ2n) is 7.64. The maximum absolute atomic E-state index is 14.6. The Morgan fingerprint density at radius 1 is 0.939 bits per heavy atom. The Labute approximate surface area is 195 Å². The zero-order valence-corrected chi connectivity index (χ0v) is 18.7. The van der Waals surface area contributed by atoms with E-state index in [0.717, 1.165) is 38.1 Å². The quantitative estimate of drug-likeness (QED) is 0.462. The topological polar surface area (TPSA) is 78.9 Å². The van der Waals surface area contributed by atoms with Crippen LogP contribution in [0.4, 0.5) is 26.2 Å². The van der Waals surface area contributed by atoms with Crippen LogP contribution in [0.1, 0.15) is 5.69 Å². The van der Waals surface area contributed by atoms with Crippen LogP contribution in [0, 0.1) is 18.6 Å². The van der Waals surface area contributed by atoms with E-state index >= 15 is 0 Å². The van der Waals surface area contributed by atoms with E-state index in [4.69, 9.17) is 0 Å². The molecule has 0 bridgehead atoms. The SMILES string of the molecule is Cc1ccc2cc(-c3nc(Nc4ccc(N5CCNCC5)cn4)ncc3F)cc(F)c2n1.Cl. The second-order valence-corrected chi connectivity index (χ2v) is 7.64. The number of benzene rings is 1. The number of pyridine rings is 2. The van der Waals surface area contributed by atoms with Crippen LogP contribution in [0.25, 0.3) is 22.2 Å². The molecule has 170 valence electrons. The summed E-state index contributed by atoms with van der Waals surface area (Å²) in [5.41, 5.74) is 2.30. The molecule has 0 amide bonds. The van der Waals surface area contributed by atoms with Crippen LogP contribution < -0.4 is 15.5 Å². The molecule has 33 heavy (non-hydrogen) atoms. The van der Waals surface area contributed by atoms with E-state index in [-0.39, 0.29) is 29.6 Å². The summed E-state index contributed by atoms with van der Waals surface area (Å²) < 4.78 is 29.2. The van der Waals surface area contributed by atoms with Gasteiger partial charge in [0.25, 0.3) is 0 Å². The molecule has 4 aromatic rings. The first-order valence-corrected chi connectivity index (χ1v) is 10.4. The molecule has 1 saturated heterocycles. The predicted octanol–water partition coefficient (Wildman–Crippen LogP) is 4.25. The molecule has 2 N–H and O–H groups in total. The number of hydrogen-bond acceptors (Lipinski definition) is 7. The van der Waals surface area contributed by atoms with Crippen molar-refractivity contribution >= 4 is 40.8 Å². The lowest BCUT2D eigenvalue weighted by Gasteiger charge is -2.29. The van der Waals surface area contributed by atoms with Crippen LogP contribution >= 0.6 is 12.4 Å². The molecule has 1 aliphatic rings. The molecule has 0 atom stereocenters. The maximum Gasteiger partial charge on any atom is 0.229 e. The predicted molar refractivity (Wildman–Crippen MR) is 127 cm³/mol. The van der Waals surface area contributed by atoms with Crippen LogP contribution in [0.2, 0.25) is 0 Å². The first-order valence-electron chi connectivity index (χ1n) is 10.4. The number of piperazine rings is 1. The number of rotatable bonds is 4. The van der Waals surface area contributed by atoms with Gasteiger partial charge in [-0.25, -0.2) is 23.7 Å². The summed E-state index contributed by atoms with van der Waals surface area (Å²) in [4.78, 5) is 19.2. The van der Waals surface area contributed by atoms with Crippen molar-refractivity contribution in [3.05, 3.63) is 66.1 Å². The van der Waals surface area contributed by atoms with Gasteiger partial charge < -0.3 is 15.5 Å². The van der Waals surface area contributed by atoms with Crippen molar-refractivity contribution in [2.24, 2.45) is 0 Å². The molecule has 10 heteroatoms. The Morgan fingerprint density at radius 2 is 1.76 bits per heavy atom. The standard InChI is InChI=1S/C23H21F2N7.ClH/c1-14-2-3-15-10-16(11-18(24)21(15)29-14)22-19(25)13-28-23(31-22)30-20-5-4-17(12-27-20)32-8-6-26-7-9-32;/h2-5,10-13,26H,6-9H2,1H3,(H,27,28,30,31);1H. The fraction of sp³-hybridized carbons (Fsp3) is 0.217. The maximum atomic E-state index is 14.6. The molecule has 0 aliphatic carbocycles. The average Bonchev–Trinajstić information content (AvgIpc) is 2.82. The third-order valence-corrected chi connectivity index (χ3v) is 5.37. The van der Waals surface area contributed by atoms with Crippen molar-refractivity contribution in [2.75, 3.05) is 36.4 Å². The summed E-state index contributed by atoms with van der Waals surface area (Å²) >= 11 is 0. The fourth-order valence-corrected chi connectivity index (χ4v) is 3.74. The lowest BCUT2D eigenvalue weighted by molar-refractivity contribution is 0.589. The van der Waals surface area contributed by atoms with Gasteiger partial charge >= 0.3 is 0 Å². The van der Waals surface area contributed by atoms with Gasteiger partial charge in [-0.1, -0.05) is 6.07 Å². The van der Waals surface area contributed by atoms with Crippen molar-refractivity contribution in [1.29, 1.82) is 0 Å². The molecule has 1 fully saturated rings. The van der Waals surface area contributed by atoms with Crippen molar-refractivity contribution in [1.82, 2.24) is 25.3 Å². The molecule has 4 heterocycles. The Hall–Kier alpha value is -3.43. The number of hydrogen-bond donors (Lipinski definition) is 2. The van der Waals surface area contributed by atoms with Gasteiger partial charge in [0.15, 0.2) is 5.82 Å². The molecular formula is C23H22ClF2N7. The number of halogens is 3. The van der Waals surface area contributed by atoms with E-state index < -0.39 is 11.6 Å². The number of aryl methyl sites for hydroxylation is 1.